The first-order chi connectivity index (χ1) is 8.61. The van der Waals surface area contributed by atoms with E-state index in [4.69, 9.17) is 5.26 Å². The van der Waals surface area contributed by atoms with E-state index in [0.717, 1.165) is 10.0 Å². The maximum Gasteiger partial charge on any atom is 0.221 e. The molecule has 1 aromatic heterocycles. The fraction of sp³-hybridized carbons (Fsp3) is 0.182. The largest absolute Gasteiger partial charge is 0.302 e. The Morgan fingerprint density at radius 3 is 2.94 bits per heavy atom. The van der Waals surface area contributed by atoms with Crippen LogP contribution in [0, 0.1) is 11.3 Å². The lowest BCUT2D eigenvalue weighted by Gasteiger charge is -2.07. The average molecular weight is 325 g/mol. The molecule has 18 heavy (non-hydrogen) atoms. The van der Waals surface area contributed by atoms with E-state index >= 15 is 0 Å². The lowest BCUT2D eigenvalue weighted by Crippen LogP contribution is -2.05. The molecule has 1 aromatic carbocycles. The molecule has 0 amide bonds. The van der Waals surface area contributed by atoms with Gasteiger partial charge in [-0.1, -0.05) is 22.0 Å². The Bertz CT molecular complexity index is 647. The number of benzene rings is 1. The van der Waals surface area contributed by atoms with Crippen molar-refractivity contribution < 1.29 is 4.21 Å². The minimum atomic E-state index is -1.17. The van der Waals surface area contributed by atoms with Crippen molar-refractivity contribution in [3.05, 3.63) is 40.1 Å². The molecule has 5 nitrogen and oxygen atoms in total. The van der Waals surface area contributed by atoms with Crippen molar-refractivity contribution in [2.45, 2.75) is 11.7 Å². The van der Waals surface area contributed by atoms with Crippen LogP contribution in [0.3, 0.4) is 0 Å². The minimum absolute atomic E-state index is 0.436. The SMILES string of the molecule is C[S@@](=O)c1nncn1Cc1ccc(C#N)cc1Br. The second kappa shape index (κ2) is 5.42. The van der Waals surface area contributed by atoms with E-state index in [2.05, 4.69) is 32.2 Å². The molecule has 1 heterocycles. The summed E-state index contributed by atoms with van der Waals surface area (Å²) >= 11 is 3.41. The Kier molecular flexibility index (Phi) is 3.89. The van der Waals surface area contributed by atoms with Crippen molar-refractivity contribution in [2.24, 2.45) is 0 Å². The molecule has 0 aliphatic carbocycles. The van der Waals surface area contributed by atoms with Gasteiger partial charge in [-0.15, -0.1) is 10.2 Å². The van der Waals surface area contributed by atoms with Crippen LogP contribution in [0.15, 0.2) is 34.2 Å². The molecule has 0 unspecified atom stereocenters. The summed E-state index contributed by atoms with van der Waals surface area (Å²) in [4.78, 5) is 0. The van der Waals surface area contributed by atoms with Crippen LogP contribution in [0.1, 0.15) is 11.1 Å². The summed E-state index contributed by atoms with van der Waals surface area (Å²) in [5.41, 5.74) is 1.56. The standard InChI is InChI=1S/C11H9BrN4OS/c1-18(17)11-15-14-7-16(11)6-9-3-2-8(5-13)4-10(9)12/h2-4,7H,6H2,1H3/t18-/m1/s1. The summed E-state index contributed by atoms with van der Waals surface area (Å²) in [6.45, 7) is 0.508. The van der Waals surface area contributed by atoms with Crippen LogP contribution in [-0.2, 0) is 17.3 Å². The highest BCUT2D eigenvalue weighted by Gasteiger charge is 2.10. The van der Waals surface area contributed by atoms with Gasteiger partial charge in [0.1, 0.15) is 6.33 Å². The predicted octanol–water partition coefficient (Wildman–Crippen LogP) is 1.70. The van der Waals surface area contributed by atoms with Crippen molar-refractivity contribution >= 4 is 26.7 Å². The second-order valence-corrected chi connectivity index (χ2v) is 5.74. The molecule has 0 saturated carbocycles. The van der Waals surface area contributed by atoms with Gasteiger partial charge in [-0.2, -0.15) is 5.26 Å². The minimum Gasteiger partial charge on any atom is -0.302 e. The summed E-state index contributed by atoms with van der Waals surface area (Å²) < 4.78 is 14.0. The van der Waals surface area contributed by atoms with Crippen molar-refractivity contribution in [3.63, 3.8) is 0 Å². The predicted molar refractivity (Wildman–Crippen MR) is 70.3 cm³/mol. The van der Waals surface area contributed by atoms with E-state index in [1.54, 1.807) is 29.3 Å². The summed E-state index contributed by atoms with van der Waals surface area (Å²) in [5.74, 6) is 0. The molecule has 0 bridgehead atoms. The van der Waals surface area contributed by atoms with E-state index < -0.39 is 10.8 Å². The quantitative estimate of drug-likeness (QED) is 0.861. The normalized spacial score (nSPS) is 12.1. The van der Waals surface area contributed by atoms with Crippen molar-refractivity contribution in [1.82, 2.24) is 14.8 Å². The van der Waals surface area contributed by atoms with E-state index in [1.165, 1.54) is 0 Å². The number of halogens is 1. The first-order valence-corrected chi connectivity index (χ1v) is 7.36. The average Bonchev–Trinajstić information content (AvgIpc) is 2.80. The Morgan fingerprint density at radius 2 is 2.33 bits per heavy atom. The van der Waals surface area contributed by atoms with E-state index in [1.807, 2.05) is 6.07 Å². The third kappa shape index (κ3) is 2.66. The van der Waals surface area contributed by atoms with Gasteiger partial charge < -0.3 is 4.57 Å². The fourth-order valence-corrected chi connectivity index (χ4v) is 2.61. The van der Waals surface area contributed by atoms with E-state index in [-0.39, 0.29) is 0 Å². The summed E-state index contributed by atoms with van der Waals surface area (Å²) in [7, 11) is -1.17. The Balaban J connectivity index is 2.32. The van der Waals surface area contributed by atoms with Gasteiger partial charge in [0, 0.05) is 10.7 Å². The molecule has 0 radical (unpaired) electrons. The van der Waals surface area contributed by atoms with Crippen LogP contribution < -0.4 is 0 Å². The van der Waals surface area contributed by atoms with Gasteiger partial charge in [-0.25, -0.2) is 0 Å². The van der Waals surface area contributed by atoms with E-state index in [9.17, 15) is 4.21 Å². The van der Waals surface area contributed by atoms with Gasteiger partial charge in [0.15, 0.2) is 0 Å². The van der Waals surface area contributed by atoms with Crippen molar-refractivity contribution in [2.75, 3.05) is 6.26 Å². The molecule has 92 valence electrons. The maximum absolute atomic E-state index is 11.4. The Hall–Kier alpha value is -1.52. The van der Waals surface area contributed by atoms with Crippen LogP contribution in [0.25, 0.3) is 0 Å². The molecule has 7 heteroatoms. The number of rotatable bonds is 3. The zero-order chi connectivity index (χ0) is 13.1. The third-order valence-electron chi connectivity index (χ3n) is 2.36. The zero-order valence-corrected chi connectivity index (χ0v) is 11.9. The fourth-order valence-electron chi connectivity index (χ4n) is 1.50. The van der Waals surface area contributed by atoms with Crippen LogP contribution in [-0.4, -0.2) is 25.2 Å². The highest BCUT2D eigenvalue weighted by molar-refractivity contribution is 9.10. The number of nitriles is 1. The van der Waals surface area contributed by atoms with Crippen LogP contribution in [0.5, 0.6) is 0 Å². The molecule has 0 aliphatic rings. The molecule has 2 aromatic rings. The molecule has 0 spiro atoms. The number of nitrogens with zero attached hydrogens (tertiary/aromatic N) is 4. The maximum atomic E-state index is 11.4. The highest BCUT2D eigenvalue weighted by atomic mass is 79.9. The molecule has 1 atom stereocenters. The molecular formula is C11H9BrN4OS. The van der Waals surface area contributed by atoms with Gasteiger partial charge in [-0.3, -0.25) is 4.21 Å². The highest BCUT2D eigenvalue weighted by Crippen LogP contribution is 2.20. The van der Waals surface area contributed by atoms with Gasteiger partial charge in [0.25, 0.3) is 0 Å². The number of hydrogen-bond donors (Lipinski definition) is 0. The van der Waals surface area contributed by atoms with Crippen molar-refractivity contribution in [3.8, 4) is 6.07 Å². The van der Waals surface area contributed by atoms with E-state index in [0.29, 0.717) is 17.3 Å². The van der Waals surface area contributed by atoms with Crippen LogP contribution in [0.2, 0.25) is 0 Å². The number of hydrogen-bond acceptors (Lipinski definition) is 4. The molecule has 0 aliphatic heterocycles. The topological polar surface area (TPSA) is 71.6 Å². The first-order valence-electron chi connectivity index (χ1n) is 5.01. The third-order valence-corrected chi connectivity index (χ3v) is 3.93. The van der Waals surface area contributed by atoms with Crippen LogP contribution >= 0.6 is 15.9 Å². The molecule has 0 N–H and O–H groups in total. The summed E-state index contributed by atoms with van der Waals surface area (Å²) in [6.07, 6.45) is 3.11. The smallest absolute Gasteiger partial charge is 0.221 e. The lowest BCUT2D eigenvalue weighted by atomic mass is 10.1. The van der Waals surface area contributed by atoms with Gasteiger partial charge in [0.2, 0.25) is 5.16 Å². The molecule has 0 saturated heterocycles. The lowest BCUT2D eigenvalue weighted by molar-refractivity contribution is 0.653. The summed E-state index contributed by atoms with van der Waals surface area (Å²) in [6, 6.07) is 7.42. The van der Waals surface area contributed by atoms with Gasteiger partial charge in [0.05, 0.1) is 29.0 Å². The monoisotopic (exact) mass is 324 g/mol. The first kappa shape index (κ1) is 12.9. The Morgan fingerprint density at radius 1 is 1.56 bits per heavy atom. The van der Waals surface area contributed by atoms with Crippen LogP contribution in [0.4, 0.5) is 0 Å². The van der Waals surface area contributed by atoms with Gasteiger partial charge in [-0.05, 0) is 17.7 Å². The number of aromatic nitrogens is 3. The van der Waals surface area contributed by atoms with Crippen molar-refractivity contribution in [1.29, 1.82) is 5.26 Å². The molecule has 0 fully saturated rings. The zero-order valence-electron chi connectivity index (χ0n) is 9.50. The molecule has 2 rings (SSSR count). The molecular weight excluding hydrogens is 316 g/mol. The second-order valence-electron chi connectivity index (χ2n) is 3.61. The Labute approximate surface area is 115 Å². The summed E-state index contributed by atoms with van der Waals surface area (Å²) in [5, 5.41) is 16.8. The van der Waals surface area contributed by atoms with Gasteiger partial charge >= 0.3 is 0 Å².